The largest absolute Gasteiger partial charge is 0.496 e. The van der Waals surface area contributed by atoms with Crippen molar-refractivity contribution in [3.05, 3.63) is 48.0 Å². The first kappa shape index (κ1) is 19.8. The molecule has 6 heteroatoms. The van der Waals surface area contributed by atoms with E-state index < -0.39 is 6.67 Å². The number of aryl methyl sites for hydroxylation is 1. The zero-order valence-corrected chi connectivity index (χ0v) is 17.8. The molecule has 1 unspecified atom stereocenters. The van der Waals surface area contributed by atoms with Gasteiger partial charge in [0.25, 0.3) is 0 Å². The minimum Gasteiger partial charge on any atom is -0.496 e. The standard InChI is InChI=1S/C23H25FN2O2S/c1-4-25(5-2)23(27)22-19-15-9-6-7-10-16(15)26(14-13-24)21(19)20-17(28-3)11-8-12-18(20)29-22/h6-12,22H,4-5,13-14H2,1-3H3/i24-1. The summed E-state index contributed by atoms with van der Waals surface area (Å²) in [7, 11) is 1.65. The van der Waals surface area contributed by atoms with Crippen LogP contribution in [0.25, 0.3) is 22.2 Å². The highest BCUT2D eigenvalue weighted by Gasteiger charge is 2.38. The Labute approximate surface area is 174 Å². The van der Waals surface area contributed by atoms with Gasteiger partial charge in [0.2, 0.25) is 5.91 Å². The number of likely N-dealkylation sites (N-methyl/N-ethyl adjacent to an activating group) is 1. The van der Waals surface area contributed by atoms with E-state index in [9.17, 15) is 9.18 Å². The number of nitrogens with zero attached hydrogens (tertiary/aromatic N) is 2. The highest BCUT2D eigenvalue weighted by Crippen LogP contribution is 2.55. The van der Waals surface area contributed by atoms with Crippen molar-refractivity contribution in [1.82, 2.24) is 9.47 Å². The maximum absolute atomic E-state index is 13.6. The van der Waals surface area contributed by atoms with Gasteiger partial charge in [-0.05, 0) is 32.0 Å². The maximum atomic E-state index is 13.6. The quantitative estimate of drug-likeness (QED) is 0.552. The minimum absolute atomic E-state index is 0.0953. The van der Waals surface area contributed by atoms with E-state index in [4.69, 9.17) is 4.74 Å². The second kappa shape index (κ2) is 8.11. The lowest BCUT2D eigenvalue weighted by Crippen LogP contribution is -2.34. The fourth-order valence-corrected chi connectivity index (χ4v) is 5.59. The van der Waals surface area contributed by atoms with Crippen LogP contribution in [0.4, 0.5) is 4.39 Å². The van der Waals surface area contributed by atoms with Gasteiger partial charge in [-0.3, -0.25) is 4.79 Å². The molecule has 1 aliphatic rings. The molecule has 0 bridgehead atoms. The average Bonchev–Trinajstić information content (AvgIpc) is 3.08. The third-order valence-corrected chi connectivity index (χ3v) is 6.84. The summed E-state index contributed by atoms with van der Waals surface area (Å²) in [5.41, 5.74) is 3.77. The summed E-state index contributed by atoms with van der Waals surface area (Å²) in [5, 5.41) is 0.640. The second-order valence-electron chi connectivity index (χ2n) is 6.96. The van der Waals surface area contributed by atoms with Gasteiger partial charge in [-0.15, -0.1) is 11.8 Å². The summed E-state index contributed by atoms with van der Waals surface area (Å²) in [4.78, 5) is 16.3. The van der Waals surface area contributed by atoms with E-state index in [-0.39, 0.29) is 17.7 Å². The number of carbonyl (C=O) groups is 1. The van der Waals surface area contributed by atoms with E-state index in [0.717, 1.165) is 38.4 Å². The molecule has 2 heterocycles. The molecule has 0 saturated carbocycles. The molecule has 0 radical (unpaired) electrons. The molecule has 29 heavy (non-hydrogen) atoms. The van der Waals surface area contributed by atoms with Crippen molar-refractivity contribution < 1.29 is 13.9 Å². The van der Waals surface area contributed by atoms with Crippen molar-refractivity contribution in [3.8, 4) is 17.0 Å². The number of amides is 1. The Balaban J connectivity index is 2.06. The summed E-state index contributed by atoms with van der Waals surface area (Å²) in [6.07, 6.45) is 0. The predicted octanol–water partition coefficient (Wildman–Crippen LogP) is 5.30. The van der Waals surface area contributed by atoms with Gasteiger partial charge in [0.15, 0.2) is 0 Å². The Bertz CT molecular complexity index is 1060. The molecule has 3 aromatic rings. The number of hydrogen-bond acceptors (Lipinski definition) is 3. The van der Waals surface area contributed by atoms with Crippen LogP contribution in [-0.4, -0.2) is 42.2 Å². The van der Waals surface area contributed by atoms with E-state index in [1.54, 1.807) is 18.9 Å². The number of rotatable bonds is 6. The molecular weight excluding hydrogens is 386 g/mol. The summed E-state index contributed by atoms with van der Waals surface area (Å²) < 4.78 is 21.2. The number of benzene rings is 2. The zero-order chi connectivity index (χ0) is 20.5. The number of fused-ring (bicyclic) bond motifs is 5. The minimum atomic E-state index is -0.475. The zero-order valence-electron chi connectivity index (χ0n) is 16.9. The highest BCUT2D eigenvalue weighted by atomic mass is 32.2. The van der Waals surface area contributed by atoms with Crippen LogP contribution in [0.5, 0.6) is 5.75 Å². The van der Waals surface area contributed by atoms with Crippen molar-refractivity contribution in [2.75, 3.05) is 26.9 Å². The summed E-state index contributed by atoms with van der Waals surface area (Å²) >= 11 is 1.56. The smallest absolute Gasteiger partial charge is 0.240 e. The number of methoxy groups -OCH3 is 1. The number of carbonyl (C=O) groups excluding carboxylic acids is 1. The van der Waals surface area contributed by atoms with Crippen LogP contribution >= 0.6 is 11.8 Å². The molecule has 0 spiro atoms. The second-order valence-corrected chi connectivity index (χ2v) is 8.11. The maximum Gasteiger partial charge on any atom is 0.240 e. The van der Waals surface area contributed by atoms with Crippen molar-refractivity contribution in [2.45, 2.75) is 30.5 Å². The van der Waals surface area contributed by atoms with Gasteiger partial charge in [0.1, 0.15) is 17.7 Å². The van der Waals surface area contributed by atoms with Crippen LogP contribution in [0.2, 0.25) is 0 Å². The number of hydrogen-bond donors (Lipinski definition) is 0. The van der Waals surface area contributed by atoms with E-state index >= 15 is 0 Å². The first-order valence-corrected chi connectivity index (χ1v) is 10.8. The Morgan fingerprint density at radius 2 is 1.93 bits per heavy atom. The number of para-hydroxylation sites is 1. The summed E-state index contributed by atoms with van der Waals surface area (Å²) in [6, 6.07) is 13.9. The molecular formula is C23H25FN2O2S. The Morgan fingerprint density at radius 3 is 2.62 bits per heavy atom. The van der Waals surface area contributed by atoms with Crippen LogP contribution < -0.4 is 4.74 Å². The third-order valence-electron chi connectivity index (χ3n) is 5.57. The van der Waals surface area contributed by atoms with Crippen LogP contribution in [0, 0.1) is 0 Å². The van der Waals surface area contributed by atoms with Gasteiger partial charge >= 0.3 is 0 Å². The predicted molar refractivity (Wildman–Crippen MR) is 116 cm³/mol. The van der Waals surface area contributed by atoms with Crippen LogP contribution in [0.3, 0.4) is 0 Å². The molecule has 1 aliphatic heterocycles. The molecule has 0 aliphatic carbocycles. The van der Waals surface area contributed by atoms with E-state index in [0.29, 0.717) is 13.1 Å². The van der Waals surface area contributed by atoms with E-state index in [2.05, 4.69) is 0 Å². The number of alkyl halides is 1. The summed E-state index contributed by atoms with van der Waals surface area (Å²) in [5.74, 6) is 0.839. The Morgan fingerprint density at radius 1 is 1.17 bits per heavy atom. The SMILES string of the molecule is CCN(CC)C(=O)C1Sc2cccc(OC)c2-c2c1c1ccccc1n2CC[18F]. The lowest BCUT2D eigenvalue weighted by Gasteiger charge is -2.30. The van der Waals surface area contributed by atoms with E-state index in [1.807, 2.05) is 65.8 Å². The molecule has 4 rings (SSSR count). The van der Waals surface area contributed by atoms with E-state index in [1.165, 1.54) is 0 Å². The van der Waals surface area contributed by atoms with Gasteiger partial charge in [0, 0.05) is 34.5 Å². The average molecular weight is 412 g/mol. The van der Waals surface area contributed by atoms with Gasteiger partial charge in [0.05, 0.1) is 24.9 Å². The van der Waals surface area contributed by atoms with Gasteiger partial charge in [-0.1, -0.05) is 24.3 Å². The number of ether oxygens (including phenoxy) is 1. The fourth-order valence-electron chi connectivity index (χ4n) is 4.26. The lowest BCUT2D eigenvalue weighted by atomic mass is 9.99. The Hall–Kier alpha value is -2.47. The topological polar surface area (TPSA) is 34.5 Å². The van der Waals surface area contributed by atoms with Crippen molar-refractivity contribution in [3.63, 3.8) is 0 Å². The third kappa shape index (κ3) is 3.10. The molecule has 1 amide bonds. The van der Waals surface area contributed by atoms with Crippen LogP contribution in [-0.2, 0) is 11.3 Å². The van der Waals surface area contributed by atoms with Gasteiger partial charge in [-0.2, -0.15) is 0 Å². The number of thioether (sulfide) groups is 1. The monoisotopic (exact) mass is 411 g/mol. The molecule has 4 nitrogen and oxygen atoms in total. The number of aromatic nitrogens is 1. The molecule has 0 fully saturated rings. The normalized spacial score (nSPS) is 15.1. The fraction of sp³-hybridized carbons (Fsp3) is 0.348. The molecule has 0 N–H and O–H groups in total. The lowest BCUT2D eigenvalue weighted by molar-refractivity contribution is -0.130. The first-order valence-electron chi connectivity index (χ1n) is 9.96. The van der Waals surface area contributed by atoms with Crippen molar-refractivity contribution in [1.29, 1.82) is 0 Å². The van der Waals surface area contributed by atoms with Crippen LogP contribution in [0.1, 0.15) is 24.7 Å². The molecule has 2 aromatic carbocycles. The molecule has 1 aromatic heterocycles. The van der Waals surface area contributed by atoms with Crippen LogP contribution in [0.15, 0.2) is 47.4 Å². The molecule has 152 valence electrons. The first-order chi connectivity index (χ1) is 14.2. The molecule has 0 saturated heterocycles. The molecule has 1 atom stereocenters. The summed E-state index contributed by atoms with van der Waals surface area (Å²) in [6.45, 7) is 5.09. The van der Waals surface area contributed by atoms with Crippen molar-refractivity contribution in [2.24, 2.45) is 0 Å². The van der Waals surface area contributed by atoms with Gasteiger partial charge in [-0.25, -0.2) is 4.39 Å². The van der Waals surface area contributed by atoms with Crippen molar-refractivity contribution >= 4 is 28.6 Å². The highest BCUT2D eigenvalue weighted by molar-refractivity contribution is 8.00. The van der Waals surface area contributed by atoms with Gasteiger partial charge < -0.3 is 14.2 Å². The Kier molecular flexibility index (Phi) is 5.54. The number of halogens is 1.